The van der Waals surface area contributed by atoms with Gasteiger partial charge in [-0.3, -0.25) is 4.99 Å². The lowest BCUT2D eigenvalue weighted by molar-refractivity contribution is 0.107. The Kier molecular flexibility index (Phi) is 13.8. The van der Waals surface area contributed by atoms with Gasteiger partial charge in [0.25, 0.3) is 0 Å². The fraction of sp³-hybridized carbons (Fsp3) is 0.630. The molecule has 1 aliphatic rings. The lowest BCUT2D eigenvalue weighted by atomic mass is 9.60. The molecule has 0 amide bonds. The molecule has 0 radical (unpaired) electrons. The molecule has 1 fully saturated rings. The maximum Gasteiger partial charge on any atom is 0.0665 e. The van der Waals surface area contributed by atoms with Crippen LogP contribution in [0.2, 0.25) is 0 Å². The summed E-state index contributed by atoms with van der Waals surface area (Å²) in [6, 6.07) is 0. The van der Waals surface area contributed by atoms with Crippen LogP contribution in [0.25, 0.3) is 0 Å². The first-order valence-electron chi connectivity index (χ1n) is 11.8. The maximum atomic E-state index is 4.32. The molecule has 0 aromatic heterocycles. The van der Waals surface area contributed by atoms with E-state index in [-0.39, 0.29) is 0 Å². The van der Waals surface area contributed by atoms with Crippen molar-refractivity contribution in [2.24, 2.45) is 20.9 Å². The van der Waals surface area contributed by atoms with E-state index in [1.807, 2.05) is 13.0 Å². The molecular weight excluding hydrogens is 380 g/mol. The van der Waals surface area contributed by atoms with Gasteiger partial charge in [-0.05, 0) is 62.7 Å². The molecule has 0 atom stereocenters. The Labute approximate surface area is 192 Å². The summed E-state index contributed by atoms with van der Waals surface area (Å²) in [4.78, 5) is 4.32. The normalized spacial score (nSPS) is 23.8. The van der Waals surface area contributed by atoms with Gasteiger partial charge in [-0.15, -0.1) is 6.58 Å². The average Bonchev–Trinajstić information content (AvgIpc) is 2.78. The fourth-order valence-electron chi connectivity index (χ4n) is 3.93. The number of aliphatic imine (C=N–C) groups is 1. The van der Waals surface area contributed by atoms with Gasteiger partial charge in [0.2, 0.25) is 0 Å². The second kappa shape index (κ2) is 14.8. The summed E-state index contributed by atoms with van der Waals surface area (Å²) in [5, 5.41) is 7.45. The minimum atomic E-state index is 0.322. The highest BCUT2D eigenvalue weighted by molar-refractivity contribution is 6.00. The van der Waals surface area contributed by atoms with Crippen molar-refractivity contribution in [3.63, 3.8) is 0 Å². The van der Waals surface area contributed by atoms with Crippen molar-refractivity contribution in [3.05, 3.63) is 49.9 Å². The Morgan fingerprint density at radius 1 is 1.03 bits per heavy atom. The van der Waals surface area contributed by atoms with Crippen molar-refractivity contribution in [2.75, 3.05) is 13.6 Å². The zero-order chi connectivity index (χ0) is 23.9. The van der Waals surface area contributed by atoms with Gasteiger partial charge in [-0.1, -0.05) is 59.1 Å². The first-order valence-corrected chi connectivity index (χ1v) is 11.8. The van der Waals surface area contributed by atoms with Gasteiger partial charge >= 0.3 is 0 Å². The Morgan fingerprint density at radius 3 is 2.03 bits per heavy atom. The van der Waals surface area contributed by atoms with Crippen LogP contribution in [0.5, 0.6) is 0 Å². The molecule has 0 aromatic carbocycles. The third kappa shape index (κ3) is 9.71. The number of nitrogens with zero attached hydrogens (tertiary/aromatic N) is 2. The molecule has 0 aromatic rings. The van der Waals surface area contributed by atoms with Gasteiger partial charge < -0.3 is 10.7 Å². The summed E-state index contributed by atoms with van der Waals surface area (Å²) < 4.78 is 0. The summed E-state index contributed by atoms with van der Waals surface area (Å²) in [5.74, 6) is 0. The van der Waals surface area contributed by atoms with Crippen LogP contribution in [-0.2, 0) is 0 Å². The molecule has 2 N–H and O–H groups in total. The zero-order valence-electron chi connectivity index (χ0n) is 21.2. The largest absolute Gasteiger partial charge is 0.383 e. The molecule has 31 heavy (non-hydrogen) atoms. The minimum Gasteiger partial charge on any atom is -0.383 e. The topological polar surface area (TPSA) is 48.8 Å². The SMILES string of the molecule is C=CCC(=NC=C)C(=C)NCC1(CC)CCC(C)(C(=C)CC)CC1.CC/C(C)=N\NC. The van der Waals surface area contributed by atoms with Gasteiger partial charge in [0.05, 0.1) is 5.71 Å². The van der Waals surface area contributed by atoms with Crippen LogP contribution in [-0.4, -0.2) is 25.0 Å². The molecule has 0 spiro atoms. The molecule has 1 saturated carbocycles. The Balaban J connectivity index is 0.00000110. The van der Waals surface area contributed by atoms with Gasteiger partial charge in [0, 0.05) is 37.6 Å². The molecule has 0 unspecified atom stereocenters. The molecule has 0 heterocycles. The highest BCUT2D eigenvalue weighted by atomic mass is 15.3. The third-order valence-corrected chi connectivity index (χ3v) is 6.87. The second-order valence-electron chi connectivity index (χ2n) is 8.88. The van der Waals surface area contributed by atoms with Gasteiger partial charge in [0.1, 0.15) is 0 Å². The second-order valence-corrected chi connectivity index (χ2v) is 8.88. The van der Waals surface area contributed by atoms with Crippen LogP contribution in [0.4, 0.5) is 0 Å². The number of hydrogen-bond donors (Lipinski definition) is 2. The van der Waals surface area contributed by atoms with Crippen molar-refractivity contribution in [1.82, 2.24) is 10.7 Å². The summed E-state index contributed by atoms with van der Waals surface area (Å²) in [5.41, 5.74) is 7.75. The predicted molar refractivity (Wildman–Crippen MR) is 141 cm³/mol. The number of hydrogen-bond acceptors (Lipinski definition) is 4. The van der Waals surface area contributed by atoms with Crippen LogP contribution in [0.1, 0.15) is 86.0 Å². The highest BCUT2D eigenvalue weighted by Crippen LogP contribution is 2.50. The summed E-state index contributed by atoms with van der Waals surface area (Å²) in [6.07, 6.45) is 12.4. The van der Waals surface area contributed by atoms with Crippen molar-refractivity contribution in [1.29, 1.82) is 0 Å². The van der Waals surface area contributed by atoms with E-state index in [0.717, 1.165) is 36.5 Å². The van der Waals surface area contributed by atoms with Crippen LogP contribution < -0.4 is 10.7 Å². The molecule has 0 aliphatic heterocycles. The summed E-state index contributed by atoms with van der Waals surface area (Å²) >= 11 is 0. The maximum absolute atomic E-state index is 4.32. The van der Waals surface area contributed by atoms with Crippen molar-refractivity contribution in [3.8, 4) is 0 Å². The van der Waals surface area contributed by atoms with E-state index in [1.54, 1.807) is 13.2 Å². The lowest BCUT2D eigenvalue weighted by Crippen LogP contribution is -2.40. The van der Waals surface area contributed by atoms with Crippen LogP contribution in [0.15, 0.2) is 60.0 Å². The molecule has 176 valence electrons. The number of allylic oxidation sites excluding steroid dienone is 3. The number of rotatable bonds is 12. The number of hydrazone groups is 1. The molecular formula is C27H48N4. The van der Waals surface area contributed by atoms with Crippen molar-refractivity contribution >= 4 is 11.4 Å². The first-order chi connectivity index (χ1) is 14.7. The molecule has 4 heteroatoms. The predicted octanol–water partition coefficient (Wildman–Crippen LogP) is 7.18. The van der Waals surface area contributed by atoms with Crippen LogP contribution >= 0.6 is 0 Å². The highest BCUT2D eigenvalue weighted by Gasteiger charge is 2.40. The molecule has 1 rings (SSSR count). The van der Waals surface area contributed by atoms with E-state index >= 15 is 0 Å². The van der Waals surface area contributed by atoms with Crippen LogP contribution in [0, 0.1) is 10.8 Å². The fourth-order valence-corrected chi connectivity index (χ4v) is 3.93. The number of nitrogens with one attached hydrogen (secondary N) is 2. The Bertz CT molecular complexity index is 646. The standard InChI is InChI=1S/C22H36N2.C5H12N2/c1-8-12-20(23-11-4)19(6)24-17-22(10-3)15-13-21(7,14-16-22)18(5)9-2;1-4-5(2)7-6-3/h8,11,24H,1,4-6,9-10,12-17H2,2-3,7H3;6H,4H2,1-3H3/b;7-5-. The zero-order valence-corrected chi connectivity index (χ0v) is 21.2. The van der Waals surface area contributed by atoms with Crippen molar-refractivity contribution in [2.45, 2.75) is 86.0 Å². The molecule has 0 bridgehead atoms. The summed E-state index contributed by atoms with van der Waals surface area (Å²) in [6.45, 7) is 27.9. The monoisotopic (exact) mass is 428 g/mol. The van der Waals surface area contributed by atoms with Crippen molar-refractivity contribution < 1.29 is 0 Å². The average molecular weight is 429 g/mol. The van der Waals surface area contributed by atoms with Crippen LogP contribution in [0.3, 0.4) is 0 Å². The summed E-state index contributed by atoms with van der Waals surface area (Å²) in [7, 11) is 1.80. The molecule has 4 nitrogen and oxygen atoms in total. The van der Waals surface area contributed by atoms with E-state index in [2.05, 4.69) is 74.8 Å². The molecule has 0 saturated heterocycles. The van der Waals surface area contributed by atoms with E-state index < -0.39 is 0 Å². The lowest BCUT2D eigenvalue weighted by Gasteiger charge is -2.46. The van der Waals surface area contributed by atoms with Gasteiger partial charge in [0.15, 0.2) is 0 Å². The smallest absolute Gasteiger partial charge is 0.0665 e. The molecule has 1 aliphatic carbocycles. The Morgan fingerprint density at radius 2 is 1.65 bits per heavy atom. The van der Waals surface area contributed by atoms with E-state index in [4.69, 9.17) is 0 Å². The van der Waals surface area contributed by atoms with Gasteiger partial charge in [-0.25, -0.2) is 0 Å². The van der Waals surface area contributed by atoms with E-state index in [9.17, 15) is 0 Å². The minimum absolute atomic E-state index is 0.322. The van der Waals surface area contributed by atoms with E-state index in [1.165, 1.54) is 37.7 Å². The first kappa shape index (κ1) is 28.9. The third-order valence-electron chi connectivity index (χ3n) is 6.87. The quantitative estimate of drug-likeness (QED) is 0.196. The van der Waals surface area contributed by atoms with Gasteiger partial charge in [-0.2, -0.15) is 5.10 Å². The Hall–Kier alpha value is -2.10. The van der Waals surface area contributed by atoms with E-state index in [0.29, 0.717) is 17.3 Å².